The summed E-state index contributed by atoms with van der Waals surface area (Å²) in [4.78, 5) is 26.5. The van der Waals surface area contributed by atoms with Crippen LogP contribution in [0, 0.1) is 0 Å². The summed E-state index contributed by atoms with van der Waals surface area (Å²) in [5, 5.41) is 2.79. The highest BCUT2D eigenvalue weighted by atomic mass is 16.5. The average Bonchev–Trinajstić information content (AvgIpc) is 2.74. The smallest absolute Gasteiger partial charge is 0.306 e. The van der Waals surface area contributed by atoms with Crippen LogP contribution in [0.3, 0.4) is 0 Å². The van der Waals surface area contributed by atoms with Crippen molar-refractivity contribution in [1.82, 2.24) is 0 Å². The van der Waals surface area contributed by atoms with Crippen LogP contribution in [0.25, 0.3) is 0 Å². The van der Waals surface area contributed by atoms with Gasteiger partial charge in [-0.2, -0.15) is 0 Å². The first kappa shape index (κ1) is 19.9. The van der Waals surface area contributed by atoms with Gasteiger partial charge in [0.1, 0.15) is 0 Å². The molecule has 2 aromatic carbocycles. The van der Waals surface area contributed by atoms with Crippen LogP contribution in [-0.2, 0) is 25.5 Å². The summed E-state index contributed by atoms with van der Waals surface area (Å²) < 4.78 is 10.6. The molecule has 0 spiro atoms. The molecule has 2 aromatic rings. The van der Waals surface area contributed by atoms with Crippen molar-refractivity contribution >= 4 is 23.3 Å². The third-order valence-electron chi connectivity index (χ3n) is 4.65. The molecule has 0 bridgehead atoms. The molecule has 0 unspecified atom stereocenters. The SMILES string of the molecule is C[C@@H](OC(=O)CCc1ccccc1)C(=O)Nc1ccc(N2CCOCC2)cc1. The van der Waals surface area contributed by atoms with Crippen molar-refractivity contribution in [3.63, 3.8) is 0 Å². The predicted molar refractivity (Wildman–Crippen MR) is 108 cm³/mol. The molecular formula is C22H26N2O4. The summed E-state index contributed by atoms with van der Waals surface area (Å²) in [6.45, 7) is 4.76. The van der Waals surface area contributed by atoms with Crippen LogP contribution in [0.2, 0.25) is 0 Å². The Morgan fingerprint density at radius 2 is 1.75 bits per heavy atom. The van der Waals surface area contributed by atoms with E-state index < -0.39 is 6.10 Å². The van der Waals surface area contributed by atoms with Crippen molar-refractivity contribution < 1.29 is 19.1 Å². The molecule has 1 saturated heterocycles. The zero-order chi connectivity index (χ0) is 19.8. The molecule has 1 amide bonds. The van der Waals surface area contributed by atoms with E-state index in [1.165, 1.54) is 0 Å². The summed E-state index contributed by atoms with van der Waals surface area (Å²) in [5.74, 6) is -0.721. The quantitative estimate of drug-likeness (QED) is 0.746. The molecule has 1 heterocycles. The second kappa shape index (κ2) is 9.90. The summed E-state index contributed by atoms with van der Waals surface area (Å²) in [6, 6.07) is 17.4. The van der Waals surface area contributed by atoms with E-state index in [0.29, 0.717) is 12.1 Å². The summed E-state index contributed by atoms with van der Waals surface area (Å²) in [5.41, 5.74) is 2.84. The van der Waals surface area contributed by atoms with E-state index in [9.17, 15) is 9.59 Å². The number of benzene rings is 2. The first-order chi connectivity index (χ1) is 13.6. The Hall–Kier alpha value is -2.86. The lowest BCUT2D eigenvalue weighted by atomic mass is 10.1. The fraction of sp³-hybridized carbons (Fsp3) is 0.364. The number of anilines is 2. The largest absolute Gasteiger partial charge is 0.453 e. The predicted octanol–water partition coefficient (Wildman–Crippen LogP) is 3.03. The number of aryl methyl sites for hydroxylation is 1. The van der Waals surface area contributed by atoms with Crippen molar-refractivity contribution in [2.24, 2.45) is 0 Å². The van der Waals surface area contributed by atoms with Gasteiger partial charge in [0, 0.05) is 30.9 Å². The Labute approximate surface area is 165 Å². The minimum Gasteiger partial charge on any atom is -0.453 e. The molecule has 0 aromatic heterocycles. The molecule has 28 heavy (non-hydrogen) atoms. The number of ether oxygens (including phenoxy) is 2. The standard InChI is InChI=1S/C22H26N2O4/c1-17(28-21(25)12-7-18-5-3-2-4-6-18)22(26)23-19-8-10-20(11-9-19)24-13-15-27-16-14-24/h2-6,8-11,17H,7,12-16H2,1H3,(H,23,26)/t17-/m1/s1. The molecule has 1 aliphatic rings. The van der Waals surface area contributed by atoms with Gasteiger partial charge in [0.2, 0.25) is 0 Å². The first-order valence-electron chi connectivity index (χ1n) is 9.59. The lowest BCUT2D eigenvalue weighted by molar-refractivity contribution is -0.153. The molecule has 1 N–H and O–H groups in total. The molecule has 0 saturated carbocycles. The fourth-order valence-corrected chi connectivity index (χ4v) is 3.02. The molecule has 6 nitrogen and oxygen atoms in total. The minimum absolute atomic E-state index is 0.246. The second-order valence-electron chi connectivity index (χ2n) is 6.75. The first-order valence-corrected chi connectivity index (χ1v) is 9.59. The molecule has 0 radical (unpaired) electrons. The Balaban J connectivity index is 1.44. The van der Waals surface area contributed by atoms with E-state index in [2.05, 4.69) is 10.2 Å². The van der Waals surface area contributed by atoms with Gasteiger partial charge in [-0.25, -0.2) is 0 Å². The van der Waals surface area contributed by atoms with Crippen molar-refractivity contribution in [1.29, 1.82) is 0 Å². The maximum atomic E-state index is 12.3. The number of nitrogens with zero attached hydrogens (tertiary/aromatic N) is 1. The third kappa shape index (κ3) is 5.82. The van der Waals surface area contributed by atoms with E-state index in [0.717, 1.165) is 37.6 Å². The zero-order valence-corrected chi connectivity index (χ0v) is 16.1. The second-order valence-corrected chi connectivity index (χ2v) is 6.75. The van der Waals surface area contributed by atoms with E-state index in [1.54, 1.807) is 6.92 Å². The Bertz CT molecular complexity index is 771. The minimum atomic E-state index is -0.845. The van der Waals surface area contributed by atoms with Crippen molar-refractivity contribution in [3.8, 4) is 0 Å². The normalized spacial score (nSPS) is 15.0. The van der Waals surface area contributed by atoms with E-state index >= 15 is 0 Å². The van der Waals surface area contributed by atoms with Crippen LogP contribution in [0.4, 0.5) is 11.4 Å². The van der Waals surface area contributed by atoms with Gasteiger partial charge >= 0.3 is 5.97 Å². The number of rotatable bonds is 7. The van der Waals surface area contributed by atoms with Gasteiger partial charge in [0.25, 0.3) is 5.91 Å². The fourth-order valence-electron chi connectivity index (χ4n) is 3.02. The van der Waals surface area contributed by atoms with Crippen LogP contribution < -0.4 is 10.2 Å². The number of amides is 1. The third-order valence-corrected chi connectivity index (χ3v) is 4.65. The van der Waals surface area contributed by atoms with Gasteiger partial charge in [-0.05, 0) is 43.2 Å². The molecule has 148 valence electrons. The number of carbonyl (C=O) groups excluding carboxylic acids is 2. The van der Waals surface area contributed by atoms with Gasteiger partial charge in [0.15, 0.2) is 6.10 Å². The molecule has 1 atom stereocenters. The van der Waals surface area contributed by atoms with Gasteiger partial charge in [-0.1, -0.05) is 30.3 Å². The van der Waals surface area contributed by atoms with Crippen LogP contribution in [-0.4, -0.2) is 44.3 Å². The number of hydrogen-bond donors (Lipinski definition) is 1. The highest BCUT2D eigenvalue weighted by Crippen LogP contribution is 2.19. The average molecular weight is 382 g/mol. The Morgan fingerprint density at radius 3 is 2.43 bits per heavy atom. The van der Waals surface area contributed by atoms with Crippen molar-refractivity contribution in [3.05, 3.63) is 60.2 Å². The van der Waals surface area contributed by atoms with Gasteiger partial charge in [-0.15, -0.1) is 0 Å². The van der Waals surface area contributed by atoms with Gasteiger partial charge in [-0.3, -0.25) is 9.59 Å². The molecule has 1 aliphatic heterocycles. The highest BCUT2D eigenvalue weighted by Gasteiger charge is 2.18. The van der Waals surface area contributed by atoms with Gasteiger partial charge in [0.05, 0.1) is 13.2 Å². The monoisotopic (exact) mass is 382 g/mol. The van der Waals surface area contributed by atoms with Crippen LogP contribution in [0.5, 0.6) is 0 Å². The topological polar surface area (TPSA) is 67.9 Å². The lowest BCUT2D eigenvalue weighted by Gasteiger charge is -2.28. The molecule has 3 rings (SSSR count). The van der Waals surface area contributed by atoms with E-state index in [1.807, 2.05) is 54.6 Å². The molecule has 1 fully saturated rings. The molecule has 0 aliphatic carbocycles. The maximum absolute atomic E-state index is 12.3. The summed E-state index contributed by atoms with van der Waals surface area (Å²) in [7, 11) is 0. The number of hydrogen-bond acceptors (Lipinski definition) is 5. The summed E-state index contributed by atoms with van der Waals surface area (Å²) in [6.07, 6.45) is -0.00502. The molecular weight excluding hydrogens is 356 g/mol. The number of nitrogens with one attached hydrogen (secondary N) is 1. The summed E-state index contributed by atoms with van der Waals surface area (Å²) >= 11 is 0. The zero-order valence-electron chi connectivity index (χ0n) is 16.1. The van der Waals surface area contributed by atoms with Crippen LogP contribution in [0.1, 0.15) is 18.9 Å². The maximum Gasteiger partial charge on any atom is 0.306 e. The number of carbonyl (C=O) groups is 2. The van der Waals surface area contributed by atoms with Crippen molar-refractivity contribution in [2.45, 2.75) is 25.9 Å². The highest BCUT2D eigenvalue weighted by molar-refractivity contribution is 5.95. The van der Waals surface area contributed by atoms with Crippen molar-refractivity contribution in [2.75, 3.05) is 36.5 Å². The number of esters is 1. The lowest BCUT2D eigenvalue weighted by Crippen LogP contribution is -2.36. The van der Waals surface area contributed by atoms with E-state index in [-0.39, 0.29) is 18.3 Å². The van der Waals surface area contributed by atoms with E-state index in [4.69, 9.17) is 9.47 Å². The number of morpholine rings is 1. The van der Waals surface area contributed by atoms with Gasteiger partial charge < -0.3 is 19.7 Å². The van der Waals surface area contributed by atoms with Crippen LogP contribution >= 0.6 is 0 Å². The Morgan fingerprint density at radius 1 is 1.07 bits per heavy atom. The molecule has 6 heteroatoms. The van der Waals surface area contributed by atoms with Crippen LogP contribution in [0.15, 0.2) is 54.6 Å². The Kier molecular flexibility index (Phi) is 7.03.